The van der Waals surface area contributed by atoms with Crippen LogP contribution in [0.2, 0.25) is 0 Å². The van der Waals surface area contributed by atoms with Gasteiger partial charge in [-0.3, -0.25) is 9.59 Å². The molecular weight excluding hydrogens is 383 g/mol. The predicted octanol–water partition coefficient (Wildman–Crippen LogP) is 3.90. The Balaban J connectivity index is 1.54. The zero-order valence-corrected chi connectivity index (χ0v) is 16.7. The molecule has 2 aromatic carbocycles. The molecular formula is C24H23FN2O3. The predicted molar refractivity (Wildman–Crippen MR) is 110 cm³/mol. The second kappa shape index (κ2) is 8.53. The maximum Gasteiger partial charge on any atom is 0.289 e. The van der Waals surface area contributed by atoms with Crippen LogP contribution in [0.5, 0.6) is 0 Å². The molecule has 0 spiro atoms. The van der Waals surface area contributed by atoms with Crippen molar-refractivity contribution in [2.24, 2.45) is 5.92 Å². The topological polar surface area (TPSA) is 62.6 Å². The Hall–Kier alpha value is -3.41. The first-order valence-corrected chi connectivity index (χ1v) is 9.93. The minimum absolute atomic E-state index is 0.113. The average Bonchev–Trinajstić information content (AvgIpc) is 3.43. The normalized spacial score (nSPS) is 18.4. The summed E-state index contributed by atoms with van der Waals surface area (Å²) in [6.45, 7) is 3.08. The van der Waals surface area contributed by atoms with Crippen LogP contribution >= 0.6 is 0 Å². The first-order valence-electron chi connectivity index (χ1n) is 9.93. The fraction of sp³-hybridized carbons (Fsp3) is 0.250. The zero-order valence-electron chi connectivity index (χ0n) is 16.7. The van der Waals surface area contributed by atoms with Gasteiger partial charge in [-0.05, 0) is 47.9 Å². The first-order chi connectivity index (χ1) is 14.5. The molecule has 2 heterocycles. The van der Waals surface area contributed by atoms with Crippen molar-refractivity contribution in [3.8, 4) is 0 Å². The van der Waals surface area contributed by atoms with Crippen LogP contribution in [0.1, 0.15) is 33.2 Å². The van der Waals surface area contributed by atoms with Crippen molar-refractivity contribution in [2.75, 3.05) is 13.1 Å². The van der Waals surface area contributed by atoms with E-state index in [4.69, 9.17) is 4.42 Å². The van der Waals surface area contributed by atoms with Crippen LogP contribution in [0.25, 0.3) is 0 Å². The average molecular weight is 406 g/mol. The fourth-order valence-electron chi connectivity index (χ4n) is 4.03. The molecule has 4 rings (SSSR count). The third-order valence-electron chi connectivity index (χ3n) is 5.64. The van der Waals surface area contributed by atoms with E-state index in [1.807, 2.05) is 31.2 Å². The highest BCUT2D eigenvalue weighted by molar-refractivity contribution is 5.92. The van der Waals surface area contributed by atoms with Crippen LogP contribution in [0.4, 0.5) is 4.39 Å². The van der Waals surface area contributed by atoms with Gasteiger partial charge in [-0.1, -0.05) is 36.4 Å². The summed E-state index contributed by atoms with van der Waals surface area (Å²) in [5.74, 6) is -0.878. The smallest absolute Gasteiger partial charge is 0.289 e. The summed E-state index contributed by atoms with van der Waals surface area (Å²) in [5, 5.41) is 2.95. The Bertz CT molecular complexity index is 1030. The molecule has 30 heavy (non-hydrogen) atoms. The number of carbonyl (C=O) groups excluding carboxylic acids is 2. The van der Waals surface area contributed by atoms with Gasteiger partial charge in [-0.2, -0.15) is 0 Å². The molecule has 1 fully saturated rings. The highest BCUT2D eigenvalue weighted by Crippen LogP contribution is 2.35. The molecule has 2 atom stereocenters. The number of nitrogens with one attached hydrogen (secondary N) is 1. The standard InChI is InChI=1S/C24H23FN2O3/c1-16-5-2-3-6-19(16)20-14-27(24(29)22-7-4-12-30-22)15-21(20)23(28)26-13-17-8-10-18(25)11-9-17/h2-12,20-21H,13-15H2,1H3,(H,26,28)/t20-,21-/m0/s1. The molecule has 5 nitrogen and oxygen atoms in total. The van der Waals surface area contributed by atoms with Crippen molar-refractivity contribution >= 4 is 11.8 Å². The second-order valence-corrected chi connectivity index (χ2v) is 7.60. The Morgan fingerprint density at radius 3 is 2.53 bits per heavy atom. The monoisotopic (exact) mass is 406 g/mol. The van der Waals surface area contributed by atoms with Crippen molar-refractivity contribution in [1.29, 1.82) is 0 Å². The number of hydrogen-bond donors (Lipinski definition) is 1. The Morgan fingerprint density at radius 2 is 1.83 bits per heavy atom. The van der Waals surface area contributed by atoms with Crippen molar-refractivity contribution in [1.82, 2.24) is 10.2 Å². The highest BCUT2D eigenvalue weighted by atomic mass is 19.1. The fourth-order valence-corrected chi connectivity index (χ4v) is 4.03. The van der Waals surface area contributed by atoms with Crippen LogP contribution in [-0.2, 0) is 11.3 Å². The van der Waals surface area contributed by atoms with Crippen LogP contribution in [0.3, 0.4) is 0 Å². The summed E-state index contributed by atoms with van der Waals surface area (Å²) < 4.78 is 18.4. The van der Waals surface area contributed by atoms with E-state index in [-0.39, 0.29) is 35.2 Å². The van der Waals surface area contributed by atoms with Crippen LogP contribution < -0.4 is 5.32 Å². The van der Waals surface area contributed by atoms with Gasteiger partial charge in [0, 0.05) is 25.6 Å². The maximum absolute atomic E-state index is 13.1. The molecule has 0 saturated carbocycles. The molecule has 0 unspecified atom stereocenters. The molecule has 0 radical (unpaired) electrons. The number of nitrogens with zero attached hydrogens (tertiary/aromatic N) is 1. The number of carbonyl (C=O) groups is 2. The van der Waals surface area contributed by atoms with Crippen LogP contribution in [-0.4, -0.2) is 29.8 Å². The van der Waals surface area contributed by atoms with Crippen molar-refractivity contribution < 1.29 is 18.4 Å². The summed E-state index contributed by atoms with van der Waals surface area (Å²) in [6.07, 6.45) is 1.47. The second-order valence-electron chi connectivity index (χ2n) is 7.60. The summed E-state index contributed by atoms with van der Waals surface area (Å²) in [6, 6.07) is 17.3. The number of rotatable bonds is 5. The first kappa shape index (κ1) is 19.9. The Kier molecular flexibility index (Phi) is 5.65. The zero-order chi connectivity index (χ0) is 21.1. The number of benzene rings is 2. The van der Waals surface area contributed by atoms with Crippen LogP contribution in [0.15, 0.2) is 71.3 Å². The minimum Gasteiger partial charge on any atom is -0.459 e. The van der Waals surface area contributed by atoms with E-state index in [2.05, 4.69) is 5.32 Å². The number of halogens is 1. The summed E-state index contributed by atoms with van der Waals surface area (Å²) in [4.78, 5) is 27.6. The van der Waals surface area contributed by atoms with Crippen molar-refractivity contribution in [3.63, 3.8) is 0 Å². The van der Waals surface area contributed by atoms with Gasteiger partial charge in [0.1, 0.15) is 5.82 Å². The lowest BCUT2D eigenvalue weighted by molar-refractivity contribution is -0.125. The maximum atomic E-state index is 13.1. The van der Waals surface area contributed by atoms with Gasteiger partial charge in [0.15, 0.2) is 5.76 Å². The van der Waals surface area contributed by atoms with Crippen LogP contribution in [0, 0.1) is 18.7 Å². The lowest BCUT2D eigenvalue weighted by atomic mass is 9.86. The number of hydrogen-bond acceptors (Lipinski definition) is 3. The van der Waals surface area contributed by atoms with Gasteiger partial charge in [0.2, 0.25) is 5.91 Å². The Morgan fingerprint density at radius 1 is 1.07 bits per heavy atom. The molecule has 1 N–H and O–H groups in total. The van der Waals surface area contributed by atoms with Gasteiger partial charge in [0.05, 0.1) is 12.2 Å². The molecule has 1 aromatic heterocycles. The van der Waals surface area contributed by atoms with E-state index < -0.39 is 0 Å². The van der Waals surface area contributed by atoms with E-state index in [0.29, 0.717) is 19.6 Å². The van der Waals surface area contributed by atoms with Gasteiger partial charge in [0.25, 0.3) is 5.91 Å². The van der Waals surface area contributed by atoms with Gasteiger partial charge in [-0.25, -0.2) is 4.39 Å². The van der Waals surface area contributed by atoms with E-state index >= 15 is 0 Å². The number of aryl methyl sites for hydroxylation is 1. The lowest BCUT2D eigenvalue weighted by Crippen LogP contribution is -2.35. The number of amides is 2. The number of furan rings is 1. The van der Waals surface area contributed by atoms with Gasteiger partial charge in [-0.15, -0.1) is 0 Å². The van der Waals surface area contributed by atoms with Gasteiger partial charge < -0.3 is 14.6 Å². The third-order valence-corrected chi connectivity index (χ3v) is 5.64. The third kappa shape index (κ3) is 4.13. The molecule has 1 aliphatic rings. The summed E-state index contributed by atoms with van der Waals surface area (Å²) in [7, 11) is 0. The lowest BCUT2D eigenvalue weighted by Gasteiger charge is -2.20. The molecule has 1 aliphatic heterocycles. The van der Waals surface area contributed by atoms with E-state index in [1.165, 1.54) is 18.4 Å². The molecule has 1 saturated heterocycles. The Labute approximate surface area is 174 Å². The number of likely N-dealkylation sites (tertiary alicyclic amines) is 1. The quantitative estimate of drug-likeness (QED) is 0.699. The minimum atomic E-state index is -0.384. The summed E-state index contributed by atoms with van der Waals surface area (Å²) >= 11 is 0. The van der Waals surface area contributed by atoms with E-state index in [1.54, 1.807) is 29.2 Å². The molecule has 0 bridgehead atoms. The summed E-state index contributed by atoms with van der Waals surface area (Å²) in [5.41, 5.74) is 2.97. The molecule has 6 heteroatoms. The van der Waals surface area contributed by atoms with Crippen molar-refractivity contribution in [3.05, 3.63) is 95.2 Å². The van der Waals surface area contributed by atoms with Gasteiger partial charge >= 0.3 is 0 Å². The molecule has 2 amide bonds. The van der Waals surface area contributed by atoms with E-state index in [0.717, 1.165) is 16.7 Å². The largest absolute Gasteiger partial charge is 0.459 e. The molecule has 154 valence electrons. The highest BCUT2D eigenvalue weighted by Gasteiger charge is 2.41. The SMILES string of the molecule is Cc1ccccc1[C@@H]1CN(C(=O)c2ccco2)C[C@@H]1C(=O)NCc1ccc(F)cc1. The van der Waals surface area contributed by atoms with Crippen molar-refractivity contribution in [2.45, 2.75) is 19.4 Å². The van der Waals surface area contributed by atoms with E-state index in [9.17, 15) is 14.0 Å². The molecule has 3 aromatic rings. The molecule has 0 aliphatic carbocycles.